The van der Waals surface area contributed by atoms with Crippen molar-refractivity contribution in [2.24, 2.45) is 0 Å². The first kappa shape index (κ1) is 9.30. The molecule has 0 aliphatic rings. The van der Waals surface area contributed by atoms with Gasteiger partial charge >= 0.3 is 0 Å². The minimum atomic E-state index is 0. The Balaban J connectivity index is 0. The van der Waals surface area contributed by atoms with E-state index >= 15 is 0 Å². The Morgan fingerprint density at radius 2 is 1.25 bits per heavy atom. The molecule has 0 bridgehead atoms. The molecule has 0 rings (SSSR count). The predicted molar refractivity (Wildman–Crippen MR) is 27.7 cm³/mol. The van der Waals surface area contributed by atoms with Crippen molar-refractivity contribution >= 4 is 25.8 Å². The van der Waals surface area contributed by atoms with Gasteiger partial charge in [0.15, 0.2) is 0 Å². The molecule has 0 aromatic carbocycles. The monoisotopic (exact) mass is 149 g/mol. The summed E-state index contributed by atoms with van der Waals surface area (Å²) in [5.41, 5.74) is 0. The molecule has 0 aliphatic heterocycles. The summed E-state index contributed by atoms with van der Waals surface area (Å²) in [6, 6.07) is 0. The third-order valence-corrected chi connectivity index (χ3v) is 0. The second-order valence-electron chi connectivity index (χ2n) is 0.167. The van der Waals surface area contributed by atoms with E-state index in [2.05, 4.69) is 17.9 Å². The maximum Gasteiger partial charge on any atom is 0 e. The van der Waals surface area contributed by atoms with Crippen molar-refractivity contribution in [3.05, 3.63) is 0 Å². The molecule has 0 amide bonds. The molecule has 2 unspecified atom stereocenters. The van der Waals surface area contributed by atoms with Gasteiger partial charge in [-0.1, -0.05) is 7.96 Å². The first-order valence-corrected chi connectivity index (χ1v) is 5.20. The maximum absolute atomic E-state index is 2.57. The molecule has 4 heteroatoms. The van der Waals surface area contributed by atoms with Gasteiger partial charge in [-0.25, -0.2) is 0 Å². The quantitative estimate of drug-likeness (QED) is 0.454. The van der Waals surface area contributed by atoms with Gasteiger partial charge in [0, 0.05) is 18.6 Å². The van der Waals surface area contributed by atoms with Crippen molar-refractivity contribution in [1.82, 2.24) is 0 Å². The van der Waals surface area contributed by atoms with Gasteiger partial charge in [-0.15, -0.1) is 17.9 Å². The van der Waals surface area contributed by atoms with Crippen LogP contribution in [0.5, 0.6) is 0 Å². The van der Waals surface area contributed by atoms with Crippen LogP contribution in [-0.2, 0) is 18.6 Å². The number of rotatable bonds is 0. The van der Waals surface area contributed by atoms with Gasteiger partial charge in [0.2, 0.25) is 0 Å². The van der Waals surface area contributed by atoms with Crippen molar-refractivity contribution in [3.63, 3.8) is 0 Å². The minimum Gasteiger partial charge on any atom is -0.110 e. The van der Waals surface area contributed by atoms with Crippen LogP contribution in [0, 0.1) is 0 Å². The molecule has 0 heterocycles. The molecule has 0 nitrogen and oxygen atoms in total. The second kappa shape index (κ2) is 8.86. The van der Waals surface area contributed by atoms with E-state index in [1.54, 1.807) is 0 Å². The molecule has 0 N–H and O–H groups in total. The minimum absolute atomic E-state index is 0. The van der Waals surface area contributed by atoms with E-state index in [0.29, 0.717) is 0 Å². The third kappa shape index (κ3) is 9.11. The van der Waals surface area contributed by atoms with E-state index in [1.165, 1.54) is 0 Å². The van der Waals surface area contributed by atoms with E-state index in [0.717, 1.165) is 7.96 Å². The summed E-state index contributed by atoms with van der Waals surface area (Å²) in [6.45, 7) is 0. The van der Waals surface area contributed by atoms with Crippen LogP contribution in [0.2, 0.25) is 0 Å². The molecule has 2 atom stereocenters. The van der Waals surface area contributed by atoms with E-state index in [1.807, 2.05) is 0 Å². The fourth-order valence-electron chi connectivity index (χ4n) is 0. The number of hydrogen-bond acceptors (Lipinski definition) is 0. The second-order valence-corrected chi connectivity index (χ2v) is 4.50. The van der Waals surface area contributed by atoms with Crippen molar-refractivity contribution < 1.29 is 18.6 Å². The molecule has 0 aliphatic carbocycles. The summed E-state index contributed by atoms with van der Waals surface area (Å²) in [5, 5.41) is 0. The van der Waals surface area contributed by atoms with Gasteiger partial charge in [0.05, 0.1) is 0 Å². The van der Waals surface area contributed by atoms with Gasteiger partial charge in [-0.05, 0) is 0 Å². The fraction of sp³-hybridized carbons (Fsp3) is 0. The van der Waals surface area contributed by atoms with Gasteiger partial charge in [0.25, 0.3) is 0 Å². The van der Waals surface area contributed by atoms with Crippen LogP contribution < -0.4 is 0 Å². The van der Waals surface area contributed by atoms with E-state index in [9.17, 15) is 0 Å². The Kier molecular flexibility index (Phi) is 20.6. The standard InChI is InChI=1S/H5P3.V/c1-3-2;/h3H,1-2H2;. The van der Waals surface area contributed by atoms with Gasteiger partial charge in [-0.3, -0.25) is 0 Å². The van der Waals surface area contributed by atoms with Crippen LogP contribution in [0.3, 0.4) is 0 Å². The summed E-state index contributed by atoms with van der Waals surface area (Å²) < 4.78 is 0. The van der Waals surface area contributed by atoms with Crippen molar-refractivity contribution in [1.29, 1.82) is 0 Å². The Morgan fingerprint density at radius 1 is 1.25 bits per heavy atom. The maximum atomic E-state index is 2.57. The van der Waals surface area contributed by atoms with E-state index in [-0.39, 0.29) is 18.6 Å². The molecule has 25 valence electrons. The first-order chi connectivity index (χ1) is 1.41. The summed E-state index contributed by atoms with van der Waals surface area (Å²) in [7, 11) is 6.06. The molecule has 0 fully saturated rings. The van der Waals surface area contributed by atoms with Crippen LogP contribution in [0.4, 0.5) is 0 Å². The van der Waals surface area contributed by atoms with Crippen LogP contribution >= 0.6 is 25.8 Å². The first-order valence-electron chi connectivity index (χ1n) is 0.577. The van der Waals surface area contributed by atoms with Gasteiger partial charge in [0.1, 0.15) is 0 Å². The summed E-state index contributed by atoms with van der Waals surface area (Å²) in [4.78, 5) is 0. The molecule has 0 saturated carbocycles. The summed E-state index contributed by atoms with van der Waals surface area (Å²) in [5.74, 6) is 0. The Bertz CT molecular complexity index is 3.25. The zero-order chi connectivity index (χ0) is 2.71. The van der Waals surface area contributed by atoms with Gasteiger partial charge < -0.3 is 0 Å². The van der Waals surface area contributed by atoms with Gasteiger partial charge in [-0.2, -0.15) is 0 Å². The fourth-order valence-corrected chi connectivity index (χ4v) is 0. The topological polar surface area (TPSA) is 0 Å². The van der Waals surface area contributed by atoms with E-state index < -0.39 is 0 Å². The van der Waals surface area contributed by atoms with Crippen LogP contribution in [-0.4, -0.2) is 0 Å². The van der Waals surface area contributed by atoms with Crippen molar-refractivity contribution in [3.8, 4) is 0 Å². The molecule has 0 spiro atoms. The molecule has 0 aromatic rings. The third-order valence-electron chi connectivity index (χ3n) is 0. The molecule has 0 saturated heterocycles. The summed E-state index contributed by atoms with van der Waals surface area (Å²) >= 11 is 0. The molecular formula is H5P3V. The molecule has 0 aromatic heterocycles. The molecule has 1 radical (unpaired) electrons. The summed E-state index contributed by atoms with van der Waals surface area (Å²) in [6.07, 6.45) is 0. The number of hydrogen-bond donors (Lipinski definition) is 0. The Labute approximate surface area is 44.7 Å². The molecule has 4 heavy (non-hydrogen) atoms. The average Bonchev–Trinajstić information content (AvgIpc) is 0.918. The van der Waals surface area contributed by atoms with Crippen LogP contribution in [0.15, 0.2) is 0 Å². The van der Waals surface area contributed by atoms with Crippen molar-refractivity contribution in [2.75, 3.05) is 0 Å². The molecular weight excluding hydrogens is 144 g/mol. The smallest absolute Gasteiger partial charge is 0 e. The SMILES string of the molecule is PPP.[V]. The Hall–Kier alpha value is 1.87. The zero-order valence-corrected chi connectivity index (χ0v) is 6.81. The predicted octanol–water partition coefficient (Wildman–Crippen LogP) is 1.24. The normalized spacial score (nSPS) is 4.50. The Morgan fingerprint density at radius 3 is 1.25 bits per heavy atom. The average molecular weight is 149 g/mol. The largest absolute Gasteiger partial charge is 0.110 e. The van der Waals surface area contributed by atoms with Crippen molar-refractivity contribution in [2.45, 2.75) is 0 Å². The van der Waals surface area contributed by atoms with Crippen LogP contribution in [0.1, 0.15) is 0 Å². The van der Waals surface area contributed by atoms with E-state index in [4.69, 9.17) is 0 Å². The zero-order valence-electron chi connectivity index (χ0n) is 2.10. The van der Waals surface area contributed by atoms with Crippen LogP contribution in [0.25, 0.3) is 0 Å².